The molecular weight excluding hydrogens is 346 g/mol. The van der Waals surface area contributed by atoms with E-state index in [1.165, 1.54) is 9.13 Å². The number of imidazole rings is 1. The van der Waals surface area contributed by atoms with Crippen molar-refractivity contribution in [2.24, 2.45) is 7.05 Å². The van der Waals surface area contributed by atoms with Crippen molar-refractivity contribution in [3.63, 3.8) is 0 Å². The molecule has 4 rings (SSSR count). The van der Waals surface area contributed by atoms with Crippen LogP contribution in [0.5, 0.6) is 5.75 Å². The first kappa shape index (κ1) is 17.4. The Labute approximate surface area is 155 Å². The fraction of sp³-hybridized carbons (Fsp3) is 0.300. The van der Waals surface area contributed by atoms with Crippen molar-refractivity contribution in [2.45, 2.75) is 18.5 Å². The van der Waals surface area contributed by atoms with Gasteiger partial charge in [0.25, 0.3) is 0 Å². The third-order valence-electron chi connectivity index (χ3n) is 5.07. The predicted molar refractivity (Wildman–Crippen MR) is 101 cm³/mol. The molecule has 0 radical (unpaired) electrons. The van der Waals surface area contributed by atoms with Gasteiger partial charge in [0.15, 0.2) is 0 Å². The fourth-order valence-electron chi connectivity index (χ4n) is 3.64. The lowest BCUT2D eigenvalue weighted by molar-refractivity contribution is -0.125. The van der Waals surface area contributed by atoms with E-state index in [9.17, 15) is 14.7 Å². The van der Waals surface area contributed by atoms with E-state index < -0.39 is 5.54 Å². The van der Waals surface area contributed by atoms with Crippen LogP contribution in [0.15, 0.2) is 53.3 Å². The van der Waals surface area contributed by atoms with Gasteiger partial charge in [0.05, 0.1) is 17.6 Å². The highest BCUT2D eigenvalue weighted by molar-refractivity contribution is 5.81. The van der Waals surface area contributed by atoms with E-state index in [0.717, 1.165) is 16.8 Å². The molecule has 1 aliphatic heterocycles. The molecule has 140 valence electrons. The molecule has 2 aromatic carbocycles. The number of benzene rings is 2. The van der Waals surface area contributed by atoms with Crippen LogP contribution >= 0.6 is 0 Å². The Morgan fingerprint density at radius 2 is 1.89 bits per heavy atom. The van der Waals surface area contributed by atoms with Gasteiger partial charge >= 0.3 is 5.69 Å². The minimum Gasteiger partial charge on any atom is -0.491 e. The second-order valence-corrected chi connectivity index (χ2v) is 6.98. The topological polar surface area (TPSA) is 85.5 Å². The molecule has 7 nitrogen and oxygen atoms in total. The highest BCUT2D eigenvalue weighted by atomic mass is 16.5. The quantitative estimate of drug-likeness (QED) is 0.715. The molecule has 0 saturated carbocycles. The summed E-state index contributed by atoms with van der Waals surface area (Å²) in [5.41, 5.74) is 1.24. The number of aliphatic hydroxyl groups is 1. The van der Waals surface area contributed by atoms with Crippen LogP contribution in [0.3, 0.4) is 0 Å². The number of rotatable bonds is 4. The standard InChI is InChI=1S/C20H21N3O4/c1-22-15-7-3-4-8-16(15)23(19(22)26)11-18(25)21-20(12-24)10-14-6-2-5-9-17(14)27-13-20/h2-9,24H,10-13H2,1H3,(H,21,25). The van der Waals surface area contributed by atoms with Gasteiger partial charge in [0.1, 0.15) is 24.4 Å². The number of aliphatic hydroxyl groups excluding tert-OH is 1. The molecule has 2 N–H and O–H groups in total. The van der Waals surface area contributed by atoms with Crippen LogP contribution in [-0.4, -0.2) is 38.9 Å². The third kappa shape index (κ3) is 3.00. The number of nitrogens with zero attached hydrogens (tertiary/aromatic N) is 2. The van der Waals surface area contributed by atoms with E-state index in [1.54, 1.807) is 7.05 Å². The summed E-state index contributed by atoms with van der Waals surface area (Å²) < 4.78 is 8.69. The number of hydrogen-bond donors (Lipinski definition) is 2. The molecule has 1 unspecified atom stereocenters. The number of hydrogen-bond acceptors (Lipinski definition) is 4. The lowest BCUT2D eigenvalue weighted by Gasteiger charge is -2.37. The third-order valence-corrected chi connectivity index (χ3v) is 5.07. The van der Waals surface area contributed by atoms with Crippen LogP contribution < -0.4 is 15.7 Å². The normalized spacial score (nSPS) is 18.7. The van der Waals surface area contributed by atoms with Crippen LogP contribution in [0, 0.1) is 0 Å². The van der Waals surface area contributed by atoms with Gasteiger partial charge in [0, 0.05) is 13.5 Å². The van der Waals surface area contributed by atoms with Crippen LogP contribution in [-0.2, 0) is 24.8 Å². The van der Waals surface area contributed by atoms with Crippen molar-refractivity contribution < 1.29 is 14.6 Å². The Morgan fingerprint density at radius 1 is 1.19 bits per heavy atom. The molecule has 0 fully saturated rings. The number of amides is 1. The van der Waals surface area contributed by atoms with Crippen molar-refractivity contribution in [1.82, 2.24) is 14.5 Å². The van der Waals surface area contributed by atoms with Gasteiger partial charge in [-0.15, -0.1) is 0 Å². The zero-order valence-corrected chi connectivity index (χ0v) is 15.0. The van der Waals surface area contributed by atoms with Gasteiger partial charge < -0.3 is 15.2 Å². The maximum absolute atomic E-state index is 12.7. The zero-order chi connectivity index (χ0) is 19.0. The SMILES string of the molecule is Cn1c(=O)n(CC(=O)NC2(CO)COc3ccccc3C2)c2ccccc21. The molecule has 1 amide bonds. The van der Waals surface area contributed by atoms with Gasteiger partial charge in [-0.05, 0) is 23.8 Å². The Morgan fingerprint density at radius 3 is 2.67 bits per heavy atom. The fourth-order valence-corrected chi connectivity index (χ4v) is 3.64. The summed E-state index contributed by atoms with van der Waals surface area (Å²) in [6.45, 7) is -0.197. The van der Waals surface area contributed by atoms with E-state index in [2.05, 4.69) is 5.32 Å². The summed E-state index contributed by atoms with van der Waals surface area (Å²) in [4.78, 5) is 25.2. The maximum atomic E-state index is 12.7. The van der Waals surface area contributed by atoms with Crippen molar-refractivity contribution >= 4 is 16.9 Å². The van der Waals surface area contributed by atoms with Gasteiger partial charge in [-0.3, -0.25) is 13.9 Å². The van der Waals surface area contributed by atoms with Crippen molar-refractivity contribution in [1.29, 1.82) is 0 Å². The number of nitrogens with one attached hydrogen (secondary N) is 1. The van der Waals surface area contributed by atoms with Gasteiger partial charge in [-0.2, -0.15) is 0 Å². The van der Waals surface area contributed by atoms with Crippen molar-refractivity contribution in [3.8, 4) is 5.75 Å². The second kappa shape index (κ2) is 6.59. The molecule has 2 heterocycles. The zero-order valence-electron chi connectivity index (χ0n) is 15.0. The Kier molecular flexibility index (Phi) is 4.24. The van der Waals surface area contributed by atoms with E-state index >= 15 is 0 Å². The molecule has 0 saturated heterocycles. The largest absolute Gasteiger partial charge is 0.491 e. The van der Waals surface area contributed by atoms with Crippen LogP contribution in [0.25, 0.3) is 11.0 Å². The summed E-state index contributed by atoms with van der Waals surface area (Å²) in [6.07, 6.45) is 0.468. The molecular formula is C20H21N3O4. The summed E-state index contributed by atoms with van der Waals surface area (Å²) in [6, 6.07) is 14.9. The van der Waals surface area contributed by atoms with Crippen LogP contribution in [0.4, 0.5) is 0 Å². The number of aromatic nitrogens is 2. The number of fused-ring (bicyclic) bond motifs is 2. The van der Waals surface area contributed by atoms with Crippen molar-refractivity contribution in [2.75, 3.05) is 13.2 Å². The van der Waals surface area contributed by atoms with E-state index in [-0.39, 0.29) is 31.4 Å². The van der Waals surface area contributed by atoms with Crippen molar-refractivity contribution in [3.05, 3.63) is 64.6 Å². The number of carbonyl (C=O) groups excluding carboxylic acids is 1. The second-order valence-electron chi connectivity index (χ2n) is 6.98. The summed E-state index contributed by atoms with van der Waals surface area (Å²) in [5, 5.41) is 12.8. The molecule has 0 aliphatic carbocycles. The monoisotopic (exact) mass is 367 g/mol. The maximum Gasteiger partial charge on any atom is 0.329 e. The average Bonchev–Trinajstić information content (AvgIpc) is 2.93. The van der Waals surface area contributed by atoms with Crippen LogP contribution in [0.2, 0.25) is 0 Å². The molecule has 3 aromatic rings. The minimum absolute atomic E-state index is 0.121. The molecule has 1 aromatic heterocycles. The predicted octanol–water partition coefficient (Wildman–Crippen LogP) is 0.822. The van der Waals surface area contributed by atoms with E-state index in [1.807, 2.05) is 48.5 Å². The summed E-state index contributed by atoms with van der Waals surface area (Å²) in [7, 11) is 1.68. The summed E-state index contributed by atoms with van der Waals surface area (Å²) in [5.74, 6) is 0.423. The van der Waals surface area contributed by atoms with Crippen LogP contribution in [0.1, 0.15) is 5.56 Å². The molecule has 27 heavy (non-hydrogen) atoms. The molecule has 7 heteroatoms. The first-order chi connectivity index (χ1) is 13.0. The Balaban J connectivity index is 1.58. The Hall–Kier alpha value is -3.06. The van der Waals surface area contributed by atoms with E-state index in [0.29, 0.717) is 11.9 Å². The summed E-state index contributed by atoms with van der Waals surface area (Å²) >= 11 is 0. The van der Waals surface area contributed by atoms with Gasteiger partial charge in [-0.25, -0.2) is 4.79 Å². The molecule has 1 atom stereocenters. The lowest BCUT2D eigenvalue weighted by Crippen LogP contribution is -2.59. The first-order valence-corrected chi connectivity index (χ1v) is 8.80. The highest BCUT2D eigenvalue weighted by Gasteiger charge is 2.37. The number of carbonyl (C=O) groups is 1. The lowest BCUT2D eigenvalue weighted by atomic mass is 9.89. The first-order valence-electron chi connectivity index (χ1n) is 8.80. The Bertz CT molecular complexity index is 1070. The molecule has 1 aliphatic rings. The smallest absolute Gasteiger partial charge is 0.329 e. The number of ether oxygens (including phenoxy) is 1. The average molecular weight is 367 g/mol. The van der Waals surface area contributed by atoms with E-state index in [4.69, 9.17) is 4.74 Å². The number of aryl methyl sites for hydroxylation is 1. The van der Waals surface area contributed by atoms with Gasteiger partial charge in [-0.1, -0.05) is 30.3 Å². The molecule has 0 bridgehead atoms. The van der Waals surface area contributed by atoms with Gasteiger partial charge in [0.2, 0.25) is 5.91 Å². The molecule has 0 spiro atoms. The number of para-hydroxylation sites is 3. The minimum atomic E-state index is -0.903. The highest BCUT2D eigenvalue weighted by Crippen LogP contribution is 2.29.